The lowest BCUT2D eigenvalue weighted by Crippen LogP contribution is -2.34. The summed E-state index contributed by atoms with van der Waals surface area (Å²) in [5.74, 6) is 0. The highest BCUT2D eigenvalue weighted by molar-refractivity contribution is 6.32. The van der Waals surface area contributed by atoms with Crippen molar-refractivity contribution in [1.29, 1.82) is 0 Å². The zero-order chi connectivity index (χ0) is 17.2. The Hall–Kier alpha value is -2.42. The van der Waals surface area contributed by atoms with E-state index in [-0.39, 0.29) is 5.54 Å². The summed E-state index contributed by atoms with van der Waals surface area (Å²) < 4.78 is 0. The second-order valence-electron chi connectivity index (χ2n) is 7.80. The third-order valence-electron chi connectivity index (χ3n) is 6.44. The van der Waals surface area contributed by atoms with Crippen LogP contribution in [0.5, 0.6) is 0 Å². The standard InChI is InChI=1S/C22H23N3/c1-14-7-8-19(24-15(14)2)17(13-23)20-16-5-3-4-6-18(16)21(9-10-21)22(25-20)11-12-22/h3-8,13H,9-12,23H2,1-2H3. The van der Waals surface area contributed by atoms with E-state index in [4.69, 9.17) is 15.7 Å². The van der Waals surface area contributed by atoms with E-state index in [0.29, 0.717) is 5.41 Å². The zero-order valence-electron chi connectivity index (χ0n) is 14.8. The van der Waals surface area contributed by atoms with Gasteiger partial charge in [-0.1, -0.05) is 30.3 Å². The van der Waals surface area contributed by atoms with Crippen LogP contribution in [0.2, 0.25) is 0 Å². The fourth-order valence-corrected chi connectivity index (χ4v) is 4.58. The molecule has 0 radical (unpaired) electrons. The SMILES string of the molecule is Cc1ccc(C(=CN)C2=NC3(CC3)C3(CC3)c3ccccc32)nc1C. The Labute approximate surface area is 148 Å². The van der Waals surface area contributed by atoms with Gasteiger partial charge in [-0.05, 0) is 56.7 Å². The van der Waals surface area contributed by atoms with E-state index in [1.165, 1.54) is 42.4 Å². The number of rotatable bonds is 2. The number of fused-ring (bicyclic) bond motifs is 3. The molecule has 126 valence electrons. The Morgan fingerprint density at radius 3 is 2.44 bits per heavy atom. The monoisotopic (exact) mass is 329 g/mol. The van der Waals surface area contributed by atoms with Gasteiger partial charge in [0.15, 0.2) is 0 Å². The first-order chi connectivity index (χ1) is 12.1. The molecule has 5 rings (SSSR count). The lowest BCUT2D eigenvalue weighted by atomic mass is 9.77. The first kappa shape index (κ1) is 14.9. The summed E-state index contributed by atoms with van der Waals surface area (Å²) in [5.41, 5.74) is 14.4. The molecule has 3 aliphatic rings. The van der Waals surface area contributed by atoms with Gasteiger partial charge in [-0.3, -0.25) is 9.98 Å². The Kier molecular flexibility index (Phi) is 2.87. The van der Waals surface area contributed by atoms with Crippen molar-refractivity contribution in [2.45, 2.75) is 50.5 Å². The van der Waals surface area contributed by atoms with Crippen LogP contribution in [0.1, 0.15) is 53.8 Å². The fourth-order valence-electron chi connectivity index (χ4n) is 4.58. The minimum atomic E-state index is 0.116. The summed E-state index contributed by atoms with van der Waals surface area (Å²) in [6, 6.07) is 13.0. The molecule has 2 heterocycles. The number of aromatic nitrogens is 1. The van der Waals surface area contributed by atoms with Gasteiger partial charge in [0.25, 0.3) is 0 Å². The van der Waals surface area contributed by atoms with Gasteiger partial charge in [0.1, 0.15) is 0 Å². The summed E-state index contributed by atoms with van der Waals surface area (Å²) in [5, 5.41) is 0. The molecule has 0 saturated heterocycles. The van der Waals surface area contributed by atoms with Crippen LogP contribution in [-0.2, 0) is 5.41 Å². The van der Waals surface area contributed by atoms with Crippen molar-refractivity contribution in [3.8, 4) is 0 Å². The van der Waals surface area contributed by atoms with E-state index >= 15 is 0 Å². The smallest absolute Gasteiger partial charge is 0.0765 e. The molecule has 0 unspecified atom stereocenters. The molecule has 0 atom stereocenters. The van der Waals surface area contributed by atoms with Crippen LogP contribution in [0.4, 0.5) is 0 Å². The summed E-state index contributed by atoms with van der Waals surface area (Å²) >= 11 is 0. The van der Waals surface area contributed by atoms with Gasteiger partial charge in [0.05, 0.1) is 16.9 Å². The van der Waals surface area contributed by atoms with Gasteiger partial charge in [-0.25, -0.2) is 0 Å². The summed E-state index contributed by atoms with van der Waals surface area (Å²) in [6.07, 6.45) is 6.62. The van der Waals surface area contributed by atoms with Gasteiger partial charge in [0, 0.05) is 28.4 Å². The largest absolute Gasteiger partial charge is 0.404 e. The van der Waals surface area contributed by atoms with Crippen molar-refractivity contribution in [2.24, 2.45) is 10.7 Å². The topological polar surface area (TPSA) is 51.3 Å². The van der Waals surface area contributed by atoms with Crippen LogP contribution >= 0.6 is 0 Å². The molecule has 2 saturated carbocycles. The van der Waals surface area contributed by atoms with Crippen LogP contribution < -0.4 is 5.73 Å². The van der Waals surface area contributed by atoms with Crippen molar-refractivity contribution < 1.29 is 0 Å². The molecule has 1 aromatic carbocycles. The normalized spacial score (nSPS) is 21.8. The summed E-state index contributed by atoms with van der Waals surface area (Å²) in [6.45, 7) is 4.13. The molecule has 2 spiro atoms. The number of benzene rings is 1. The molecule has 2 fully saturated rings. The van der Waals surface area contributed by atoms with E-state index in [9.17, 15) is 0 Å². The molecule has 3 nitrogen and oxygen atoms in total. The Morgan fingerprint density at radius 1 is 1.04 bits per heavy atom. The quantitative estimate of drug-likeness (QED) is 0.903. The first-order valence-corrected chi connectivity index (χ1v) is 9.17. The highest BCUT2D eigenvalue weighted by Crippen LogP contribution is 2.69. The Bertz CT molecular complexity index is 943. The predicted octanol–water partition coefficient (Wildman–Crippen LogP) is 4.07. The maximum Gasteiger partial charge on any atom is 0.0765 e. The van der Waals surface area contributed by atoms with Crippen molar-refractivity contribution in [2.75, 3.05) is 0 Å². The van der Waals surface area contributed by atoms with Gasteiger partial charge in [0.2, 0.25) is 0 Å². The number of aryl methyl sites for hydroxylation is 2. The lowest BCUT2D eigenvalue weighted by Gasteiger charge is -2.33. The molecular formula is C22H23N3. The fraction of sp³-hybridized carbons (Fsp3) is 0.364. The third kappa shape index (κ3) is 1.92. The van der Waals surface area contributed by atoms with Crippen LogP contribution in [-0.4, -0.2) is 16.2 Å². The zero-order valence-corrected chi connectivity index (χ0v) is 14.8. The average molecular weight is 329 g/mol. The minimum absolute atomic E-state index is 0.116. The predicted molar refractivity (Wildman–Crippen MR) is 102 cm³/mol. The number of nitrogens with two attached hydrogens (primary N) is 1. The number of aliphatic imine (C=N–C) groups is 1. The van der Waals surface area contributed by atoms with Crippen LogP contribution in [0.25, 0.3) is 5.57 Å². The molecule has 3 heteroatoms. The molecule has 2 N–H and O–H groups in total. The van der Waals surface area contributed by atoms with Crippen molar-refractivity contribution in [1.82, 2.24) is 4.98 Å². The number of nitrogens with zero attached hydrogens (tertiary/aromatic N) is 2. The second kappa shape index (κ2) is 4.81. The summed E-state index contributed by atoms with van der Waals surface area (Å²) in [7, 11) is 0. The molecule has 2 aromatic rings. The van der Waals surface area contributed by atoms with Gasteiger partial charge in [-0.15, -0.1) is 0 Å². The highest BCUT2D eigenvalue weighted by atomic mass is 15.0. The van der Waals surface area contributed by atoms with E-state index in [0.717, 1.165) is 22.7 Å². The van der Waals surface area contributed by atoms with Crippen molar-refractivity contribution in [3.05, 3.63) is 70.7 Å². The molecule has 0 amide bonds. The van der Waals surface area contributed by atoms with E-state index in [1.54, 1.807) is 6.20 Å². The number of hydrogen-bond acceptors (Lipinski definition) is 3. The maximum atomic E-state index is 6.09. The van der Waals surface area contributed by atoms with Crippen LogP contribution in [0.15, 0.2) is 47.6 Å². The van der Waals surface area contributed by atoms with Crippen LogP contribution in [0.3, 0.4) is 0 Å². The Morgan fingerprint density at radius 2 is 1.80 bits per heavy atom. The van der Waals surface area contributed by atoms with Gasteiger partial charge in [-0.2, -0.15) is 0 Å². The van der Waals surface area contributed by atoms with E-state index < -0.39 is 0 Å². The van der Waals surface area contributed by atoms with Crippen LogP contribution in [0, 0.1) is 13.8 Å². The van der Waals surface area contributed by atoms with Crippen molar-refractivity contribution >= 4 is 11.3 Å². The molecule has 1 aromatic heterocycles. The maximum absolute atomic E-state index is 6.09. The average Bonchev–Trinajstić information content (AvgIpc) is 3.52. The lowest BCUT2D eigenvalue weighted by molar-refractivity contribution is 0.498. The van der Waals surface area contributed by atoms with Crippen molar-refractivity contribution in [3.63, 3.8) is 0 Å². The van der Waals surface area contributed by atoms with Gasteiger partial charge < -0.3 is 5.73 Å². The first-order valence-electron chi connectivity index (χ1n) is 9.17. The minimum Gasteiger partial charge on any atom is -0.404 e. The van der Waals surface area contributed by atoms with Gasteiger partial charge >= 0.3 is 0 Å². The molecule has 2 aliphatic carbocycles. The molecule has 25 heavy (non-hydrogen) atoms. The highest BCUT2D eigenvalue weighted by Gasteiger charge is 2.68. The van der Waals surface area contributed by atoms with E-state index in [1.807, 2.05) is 6.92 Å². The second-order valence-corrected chi connectivity index (χ2v) is 7.80. The summed E-state index contributed by atoms with van der Waals surface area (Å²) in [4.78, 5) is 10.1. The molecular weight excluding hydrogens is 306 g/mol. The number of pyridine rings is 1. The van der Waals surface area contributed by atoms with E-state index in [2.05, 4.69) is 43.3 Å². The Balaban J connectivity index is 1.70. The third-order valence-corrected chi connectivity index (χ3v) is 6.44. The molecule has 0 bridgehead atoms. The number of hydrogen-bond donors (Lipinski definition) is 1. The number of allylic oxidation sites excluding steroid dienone is 1. The molecule has 1 aliphatic heterocycles.